The molecule has 0 unspecified atom stereocenters. The van der Waals surface area contributed by atoms with Gasteiger partial charge in [0.1, 0.15) is 5.78 Å². The van der Waals surface area contributed by atoms with E-state index in [1.54, 1.807) is 0 Å². The average molecular weight is 245 g/mol. The molecular weight excluding hydrogens is 226 g/mol. The van der Waals surface area contributed by atoms with Crippen molar-refractivity contribution in [2.45, 2.75) is 56.7 Å². The number of carbonyl (C=O) groups is 1. The summed E-state index contributed by atoms with van der Waals surface area (Å²) in [5, 5.41) is -0.252. The highest BCUT2D eigenvalue weighted by molar-refractivity contribution is 7.89. The van der Waals surface area contributed by atoms with Gasteiger partial charge in [0, 0.05) is 12.0 Å². The predicted octanol–water partition coefficient (Wildman–Crippen LogP) is 1.31. The Kier molecular flexibility index (Phi) is 2.87. The van der Waals surface area contributed by atoms with E-state index in [9.17, 15) is 13.2 Å². The van der Waals surface area contributed by atoms with Crippen LogP contribution in [0.1, 0.15) is 46.0 Å². The molecule has 0 amide bonds. The summed E-state index contributed by atoms with van der Waals surface area (Å²) in [6.07, 6.45) is 3.84. The minimum absolute atomic E-state index is 0.0339. The van der Waals surface area contributed by atoms with Crippen molar-refractivity contribution in [3.63, 3.8) is 0 Å². The van der Waals surface area contributed by atoms with Crippen LogP contribution in [0.3, 0.4) is 0 Å². The first kappa shape index (κ1) is 12.0. The Balaban J connectivity index is 2.26. The fourth-order valence-corrected chi connectivity index (χ4v) is 5.17. The molecule has 0 spiro atoms. The number of carbonyl (C=O) groups excluding carboxylic acids is 1. The summed E-state index contributed by atoms with van der Waals surface area (Å²) < 4.78 is 26.2. The number of rotatable bonds is 2. The largest absolute Gasteiger partial charge is 0.298 e. The fraction of sp³-hybridized carbons (Fsp3) is 0.909. The summed E-state index contributed by atoms with van der Waals surface area (Å²) in [6, 6.07) is 0. The first-order valence-electron chi connectivity index (χ1n) is 5.87. The number of nitrogens with zero attached hydrogens (tertiary/aromatic N) is 1. The van der Waals surface area contributed by atoms with Crippen molar-refractivity contribution in [3.8, 4) is 0 Å². The van der Waals surface area contributed by atoms with Crippen molar-refractivity contribution in [2.75, 3.05) is 6.54 Å². The van der Waals surface area contributed by atoms with Gasteiger partial charge in [-0.3, -0.25) is 4.79 Å². The van der Waals surface area contributed by atoms with Gasteiger partial charge >= 0.3 is 0 Å². The van der Waals surface area contributed by atoms with Crippen LogP contribution >= 0.6 is 0 Å². The van der Waals surface area contributed by atoms with Crippen molar-refractivity contribution >= 4 is 15.8 Å². The Morgan fingerprint density at radius 2 is 1.81 bits per heavy atom. The van der Waals surface area contributed by atoms with Crippen LogP contribution in [0.5, 0.6) is 0 Å². The quantitative estimate of drug-likeness (QED) is 0.737. The van der Waals surface area contributed by atoms with Crippen LogP contribution in [0.4, 0.5) is 0 Å². The summed E-state index contributed by atoms with van der Waals surface area (Å²) in [5.41, 5.74) is -0.529. The first-order valence-corrected chi connectivity index (χ1v) is 7.38. The molecule has 4 nitrogen and oxygen atoms in total. The third-order valence-electron chi connectivity index (χ3n) is 3.66. The van der Waals surface area contributed by atoms with Gasteiger partial charge in [-0.25, -0.2) is 8.42 Å². The van der Waals surface area contributed by atoms with E-state index < -0.39 is 15.6 Å². The highest BCUT2D eigenvalue weighted by atomic mass is 32.2. The predicted molar refractivity (Wildman–Crippen MR) is 61.6 cm³/mol. The van der Waals surface area contributed by atoms with Crippen molar-refractivity contribution in [1.29, 1.82) is 0 Å². The SMILES string of the molecule is CC1(C)CC(=O)CN1S(=O)(=O)C1CCCC1. The maximum atomic E-state index is 12.4. The molecule has 0 aromatic rings. The monoisotopic (exact) mass is 245 g/mol. The Morgan fingerprint density at radius 1 is 1.25 bits per heavy atom. The normalized spacial score (nSPS) is 27.8. The maximum absolute atomic E-state index is 12.4. The summed E-state index contributed by atoms with van der Waals surface area (Å²) in [5.74, 6) is 0.0339. The molecule has 0 radical (unpaired) electrons. The highest BCUT2D eigenvalue weighted by Gasteiger charge is 2.47. The lowest BCUT2D eigenvalue weighted by Gasteiger charge is -2.31. The zero-order valence-corrected chi connectivity index (χ0v) is 10.7. The molecule has 2 rings (SSSR count). The number of hydrogen-bond acceptors (Lipinski definition) is 3. The average Bonchev–Trinajstić information content (AvgIpc) is 2.72. The van der Waals surface area contributed by atoms with Crippen molar-refractivity contribution < 1.29 is 13.2 Å². The van der Waals surface area contributed by atoms with Crippen molar-refractivity contribution in [3.05, 3.63) is 0 Å². The minimum atomic E-state index is -3.27. The first-order chi connectivity index (χ1) is 7.34. The van der Waals surface area contributed by atoms with E-state index in [2.05, 4.69) is 0 Å². The summed E-state index contributed by atoms with van der Waals surface area (Å²) in [7, 11) is -3.27. The van der Waals surface area contributed by atoms with Crippen LogP contribution in [0.25, 0.3) is 0 Å². The number of ketones is 1. The van der Waals surface area contributed by atoms with Crippen LogP contribution < -0.4 is 0 Å². The van der Waals surface area contributed by atoms with Crippen molar-refractivity contribution in [1.82, 2.24) is 4.31 Å². The maximum Gasteiger partial charge on any atom is 0.217 e. The van der Waals surface area contributed by atoms with Gasteiger partial charge in [0.2, 0.25) is 10.0 Å². The Bertz CT molecular complexity index is 393. The molecule has 1 aliphatic carbocycles. The summed E-state index contributed by atoms with van der Waals surface area (Å²) >= 11 is 0. The number of sulfonamides is 1. The lowest BCUT2D eigenvalue weighted by atomic mass is 10.0. The molecule has 0 atom stereocenters. The zero-order chi connectivity index (χ0) is 12.0. The molecule has 1 aliphatic heterocycles. The zero-order valence-electron chi connectivity index (χ0n) is 9.90. The van der Waals surface area contributed by atoms with Gasteiger partial charge in [0.15, 0.2) is 0 Å². The highest BCUT2D eigenvalue weighted by Crippen LogP contribution is 2.35. The number of Topliss-reactive ketones (excluding diaryl/α,β-unsaturated/α-hetero) is 1. The van der Waals surface area contributed by atoms with Crippen LogP contribution in [-0.2, 0) is 14.8 Å². The van der Waals surface area contributed by atoms with E-state index in [1.165, 1.54) is 4.31 Å². The minimum Gasteiger partial charge on any atom is -0.298 e. The second-order valence-electron chi connectivity index (χ2n) is 5.49. The topological polar surface area (TPSA) is 54.5 Å². The molecule has 1 saturated carbocycles. The summed E-state index contributed by atoms with van der Waals surface area (Å²) in [6.45, 7) is 3.75. The molecule has 0 N–H and O–H groups in total. The lowest BCUT2D eigenvalue weighted by molar-refractivity contribution is -0.116. The molecule has 1 saturated heterocycles. The molecular formula is C11H19NO3S. The Morgan fingerprint density at radius 3 is 2.25 bits per heavy atom. The van der Waals surface area contributed by atoms with E-state index in [1.807, 2.05) is 13.8 Å². The van der Waals surface area contributed by atoms with Gasteiger partial charge in [-0.15, -0.1) is 0 Å². The molecule has 0 bridgehead atoms. The van der Waals surface area contributed by atoms with E-state index in [-0.39, 0.29) is 17.6 Å². The van der Waals surface area contributed by atoms with Crippen LogP contribution in [0, 0.1) is 0 Å². The Hall–Kier alpha value is -0.420. The lowest BCUT2D eigenvalue weighted by Crippen LogP contribution is -2.46. The van der Waals surface area contributed by atoms with Gasteiger partial charge in [-0.1, -0.05) is 12.8 Å². The molecule has 1 heterocycles. The molecule has 5 heteroatoms. The van der Waals surface area contributed by atoms with Gasteiger partial charge in [0.05, 0.1) is 11.8 Å². The van der Waals surface area contributed by atoms with Crippen LogP contribution in [0.2, 0.25) is 0 Å². The van der Waals surface area contributed by atoms with E-state index in [0.29, 0.717) is 6.42 Å². The third kappa shape index (κ3) is 1.91. The molecule has 2 aliphatic rings. The second kappa shape index (κ2) is 3.81. The number of hydrogen-bond donors (Lipinski definition) is 0. The van der Waals surface area contributed by atoms with Gasteiger partial charge in [-0.05, 0) is 26.7 Å². The standard InChI is InChI=1S/C11H19NO3S/c1-11(2)7-9(13)8-12(11)16(14,15)10-5-3-4-6-10/h10H,3-8H2,1-2H3. The molecule has 0 aromatic heterocycles. The van der Waals surface area contributed by atoms with Crippen LogP contribution in [0.15, 0.2) is 0 Å². The molecule has 16 heavy (non-hydrogen) atoms. The fourth-order valence-electron chi connectivity index (χ4n) is 2.80. The van der Waals surface area contributed by atoms with E-state index in [4.69, 9.17) is 0 Å². The second-order valence-corrected chi connectivity index (χ2v) is 7.62. The molecule has 2 fully saturated rings. The Labute approximate surface area is 97.1 Å². The summed E-state index contributed by atoms with van der Waals surface area (Å²) in [4.78, 5) is 11.4. The van der Waals surface area contributed by atoms with Crippen LogP contribution in [-0.4, -0.2) is 35.8 Å². The molecule has 0 aromatic carbocycles. The van der Waals surface area contributed by atoms with Gasteiger partial charge < -0.3 is 0 Å². The van der Waals surface area contributed by atoms with Crippen molar-refractivity contribution in [2.24, 2.45) is 0 Å². The van der Waals surface area contributed by atoms with Gasteiger partial charge in [0.25, 0.3) is 0 Å². The van der Waals surface area contributed by atoms with E-state index in [0.717, 1.165) is 25.7 Å². The smallest absolute Gasteiger partial charge is 0.217 e. The molecule has 92 valence electrons. The van der Waals surface area contributed by atoms with E-state index >= 15 is 0 Å². The van der Waals surface area contributed by atoms with Gasteiger partial charge in [-0.2, -0.15) is 4.31 Å². The third-order valence-corrected chi connectivity index (χ3v) is 6.21.